The van der Waals surface area contributed by atoms with Crippen molar-refractivity contribution in [2.45, 2.75) is 58.8 Å². The second-order valence-electron chi connectivity index (χ2n) is 4.08. The highest BCUT2D eigenvalue weighted by Gasteiger charge is 1.97. The first-order valence-electron chi connectivity index (χ1n) is 5.87. The van der Waals surface area contributed by atoms with E-state index in [4.69, 9.17) is 4.42 Å². The van der Waals surface area contributed by atoms with E-state index in [-0.39, 0.29) is 0 Å². The van der Waals surface area contributed by atoms with Crippen LogP contribution in [0.3, 0.4) is 0 Å². The first kappa shape index (κ1) is 11.4. The van der Waals surface area contributed by atoms with Gasteiger partial charge in [-0.2, -0.15) is 0 Å². The standard InChI is InChI=1S/C13H22O/c1-3-4-5-6-7-8-9-13-10-12(2)14-11-13/h10-11H,3-9H2,1-2H3. The molecule has 14 heavy (non-hydrogen) atoms. The molecule has 1 nitrogen and oxygen atoms in total. The predicted octanol–water partition coefficient (Wildman–Crippen LogP) is 4.49. The van der Waals surface area contributed by atoms with Gasteiger partial charge >= 0.3 is 0 Å². The fraction of sp³-hybridized carbons (Fsp3) is 0.692. The van der Waals surface area contributed by atoms with Crippen LogP contribution in [0.25, 0.3) is 0 Å². The van der Waals surface area contributed by atoms with E-state index in [0.29, 0.717) is 0 Å². The van der Waals surface area contributed by atoms with E-state index in [0.717, 1.165) is 5.76 Å². The van der Waals surface area contributed by atoms with Gasteiger partial charge in [0.05, 0.1) is 6.26 Å². The van der Waals surface area contributed by atoms with Crippen LogP contribution in [0.5, 0.6) is 0 Å². The molecule has 0 bridgehead atoms. The van der Waals surface area contributed by atoms with E-state index in [1.807, 2.05) is 13.2 Å². The molecule has 0 unspecified atom stereocenters. The van der Waals surface area contributed by atoms with Gasteiger partial charge < -0.3 is 4.42 Å². The van der Waals surface area contributed by atoms with E-state index in [1.54, 1.807) is 0 Å². The van der Waals surface area contributed by atoms with E-state index < -0.39 is 0 Å². The van der Waals surface area contributed by atoms with Crippen LogP contribution >= 0.6 is 0 Å². The highest BCUT2D eigenvalue weighted by atomic mass is 16.3. The molecule has 0 N–H and O–H groups in total. The third kappa shape index (κ3) is 4.50. The van der Waals surface area contributed by atoms with Crippen molar-refractivity contribution < 1.29 is 4.42 Å². The molecule has 0 aromatic carbocycles. The van der Waals surface area contributed by atoms with Gasteiger partial charge in [0.1, 0.15) is 5.76 Å². The maximum absolute atomic E-state index is 5.26. The molecule has 0 aliphatic heterocycles. The molecule has 1 aromatic heterocycles. The number of unbranched alkanes of at least 4 members (excludes halogenated alkanes) is 5. The Balaban J connectivity index is 1.99. The molecule has 1 heteroatoms. The molecule has 0 amide bonds. The van der Waals surface area contributed by atoms with Gasteiger partial charge in [0.15, 0.2) is 0 Å². The summed E-state index contributed by atoms with van der Waals surface area (Å²) < 4.78 is 5.26. The van der Waals surface area contributed by atoms with Crippen molar-refractivity contribution in [3.8, 4) is 0 Å². The number of aryl methyl sites for hydroxylation is 2. The first-order valence-corrected chi connectivity index (χ1v) is 5.87. The fourth-order valence-electron chi connectivity index (χ4n) is 1.74. The number of rotatable bonds is 7. The lowest BCUT2D eigenvalue weighted by Gasteiger charge is -1.98. The van der Waals surface area contributed by atoms with Gasteiger partial charge in [0, 0.05) is 0 Å². The molecule has 0 saturated heterocycles. The van der Waals surface area contributed by atoms with Crippen LogP contribution < -0.4 is 0 Å². The van der Waals surface area contributed by atoms with E-state index in [1.165, 1.54) is 50.5 Å². The topological polar surface area (TPSA) is 13.1 Å². The predicted molar refractivity (Wildman–Crippen MR) is 60.5 cm³/mol. The van der Waals surface area contributed by atoms with Crippen LogP contribution in [0, 0.1) is 6.92 Å². The van der Waals surface area contributed by atoms with E-state index in [9.17, 15) is 0 Å². The largest absolute Gasteiger partial charge is 0.469 e. The van der Waals surface area contributed by atoms with E-state index >= 15 is 0 Å². The summed E-state index contributed by atoms with van der Waals surface area (Å²) in [6.07, 6.45) is 11.3. The first-order chi connectivity index (χ1) is 6.83. The van der Waals surface area contributed by atoms with Gasteiger partial charge in [-0.3, -0.25) is 0 Å². The van der Waals surface area contributed by atoms with Crippen LogP contribution in [-0.2, 0) is 6.42 Å². The zero-order chi connectivity index (χ0) is 10.2. The molecule has 0 radical (unpaired) electrons. The molecule has 0 aliphatic rings. The molecule has 0 atom stereocenters. The highest BCUT2D eigenvalue weighted by molar-refractivity contribution is 5.11. The van der Waals surface area contributed by atoms with Gasteiger partial charge in [0.25, 0.3) is 0 Å². The average Bonchev–Trinajstić information content (AvgIpc) is 2.58. The van der Waals surface area contributed by atoms with Gasteiger partial charge in [-0.05, 0) is 31.4 Å². The summed E-state index contributed by atoms with van der Waals surface area (Å²) >= 11 is 0. The number of furan rings is 1. The Bertz CT molecular complexity index is 237. The van der Waals surface area contributed by atoms with Crippen LogP contribution in [0.15, 0.2) is 16.7 Å². The monoisotopic (exact) mass is 194 g/mol. The minimum atomic E-state index is 1.03. The van der Waals surface area contributed by atoms with Gasteiger partial charge in [-0.25, -0.2) is 0 Å². The van der Waals surface area contributed by atoms with Gasteiger partial charge in [-0.15, -0.1) is 0 Å². The highest BCUT2D eigenvalue weighted by Crippen LogP contribution is 2.12. The van der Waals surface area contributed by atoms with Crippen molar-refractivity contribution in [2.75, 3.05) is 0 Å². The maximum Gasteiger partial charge on any atom is 0.100 e. The van der Waals surface area contributed by atoms with Crippen LogP contribution in [0.1, 0.15) is 56.8 Å². The van der Waals surface area contributed by atoms with Crippen molar-refractivity contribution in [1.29, 1.82) is 0 Å². The van der Waals surface area contributed by atoms with Gasteiger partial charge in [-0.1, -0.05) is 39.0 Å². The summed E-state index contributed by atoms with van der Waals surface area (Å²) in [6.45, 7) is 4.26. The Hall–Kier alpha value is -0.720. The molecule has 80 valence electrons. The summed E-state index contributed by atoms with van der Waals surface area (Å²) in [5.74, 6) is 1.03. The Labute approximate surface area is 87.5 Å². The van der Waals surface area contributed by atoms with Crippen molar-refractivity contribution in [1.82, 2.24) is 0 Å². The third-order valence-corrected chi connectivity index (χ3v) is 2.60. The van der Waals surface area contributed by atoms with Gasteiger partial charge in [0.2, 0.25) is 0 Å². The van der Waals surface area contributed by atoms with Crippen LogP contribution in [-0.4, -0.2) is 0 Å². The quantitative estimate of drug-likeness (QED) is 0.583. The van der Waals surface area contributed by atoms with Crippen LogP contribution in [0.4, 0.5) is 0 Å². The Morgan fingerprint density at radius 1 is 1.07 bits per heavy atom. The normalized spacial score (nSPS) is 10.7. The summed E-state index contributed by atoms with van der Waals surface area (Å²) in [6, 6.07) is 2.14. The number of hydrogen-bond acceptors (Lipinski definition) is 1. The molecule has 1 aromatic rings. The minimum Gasteiger partial charge on any atom is -0.469 e. The lowest BCUT2D eigenvalue weighted by Crippen LogP contribution is -1.83. The average molecular weight is 194 g/mol. The summed E-state index contributed by atoms with van der Waals surface area (Å²) in [5.41, 5.74) is 1.36. The smallest absolute Gasteiger partial charge is 0.100 e. The maximum atomic E-state index is 5.26. The van der Waals surface area contributed by atoms with Crippen molar-refractivity contribution in [3.63, 3.8) is 0 Å². The zero-order valence-corrected chi connectivity index (χ0v) is 9.51. The summed E-state index contributed by atoms with van der Waals surface area (Å²) in [7, 11) is 0. The molecule has 0 saturated carbocycles. The molecule has 0 aliphatic carbocycles. The SMILES string of the molecule is CCCCCCCCc1coc(C)c1. The summed E-state index contributed by atoms with van der Waals surface area (Å²) in [5, 5.41) is 0. The molecular weight excluding hydrogens is 172 g/mol. The second-order valence-corrected chi connectivity index (χ2v) is 4.08. The molecule has 1 heterocycles. The third-order valence-electron chi connectivity index (χ3n) is 2.60. The Morgan fingerprint density at radius 3 is 2.43 bits per heavy atom. The van der Waals surface area contributed by atoms with Crippen molar-refractivity contribution in [2.24, 2.45) is 0 Å². The second kappa shape index (κ2) is 6.69. The number of hydrogen-bond donors (Lipinski definition) is 0. The molecule has 1 rings (SSSR count). The summed E-state index contributed by atoms with van der Waals surface area (Å²) in [4.78, 5) is 0. The van der Waals surface area contributed by atoms with E-state index in [2.05, 4.69) is 13.0 Å². The lowest BCUT2D eigenvalue weighted by atomic mass is 10.1. The van der Waals surface area contributed by atoms with Crippen molar-refractivity contribution in [3.05, 3.63) is 23.7 Å². The minimum absolute atomic E-state index is 1.03. The Kier molecular flexibility index (Phi) is 5.43. The zero-order valence-electron chi connectivity index (χ0n) is 9.51. The van der Waals surface area contributed by atoms with Crippen molar-refractivity contribution >= 4 is 0 Å². The molecule has 0 spiro atoms. The molecular formula is C13H22O. The Morgan fingerprint density at radius 2 is 1.79 bits per heavy atom. The lowest BCUT2D eigenvalue weighted by molar-refractivity contribution is 0.530. The fourth-order valence-corrected chi connectivity index (χ4v) is 1.74. The van der Waals surface area contributed by atoms with Crippen LogP contribution in [0.2, 0.25) is 0 Å². The molecule has 0 fully saturated rings.